The lowest BCUT2D eigenvalue weighted by Crippen LogP contribution is -1.65. The quantitative estimate of drug-likeness (QED) is 0.306. The molecule has 0 aliphatic heterocycles. The Balaban J connectivity index is 3.26. The van der Waals surface area contributed by atoms with Crippen molar-refractivity contribution in [2.75, 3.05) is 0 Å². The molecule has 0 amide bonds. The molecule has 13 heavy (non-hydrogen) atoms. The Morgan fingerprint density at radius 3 is 2.23 bits per heavy atom. The first kappa shape index (κ1) is 12.0. The molecule has 0 aromatic rings. The number of unbranched alkanes of at least 4 members (excludes halogenated alkanes) is 1. The summed E-state index contributed by atoms with van der Waals surface area (Å²) in [4.78, 5) is 0. The third-order valence-electron chi connectivity index (χ3n) is 1.61. The van der Waals surface area contributed by atoms with Crippen molar-refractivity contribution in [3.05, 3.63) is 49.1 Å². The zero-order valence-electron chi connectivity index (χ0n) is 8.58. The van der Waals surface area contributed by atoms with Gasteiger partial charge in [0.25, 0.3) is 0 Å². The summed E-state index contributed by atoms with van der Waals surface area (Å²) in [7, 11) is 0. The molecule has 0 unspecified atom stereocenters. The average Bonchev–Trinajstić information content (AvgIpc) is 2.16. The molecule has 0 N–H and O–H groups in total. The predicted molar refractivity (Wildman–Crippen MR) is 61.8 cm³/mol. The number of allylic oxidation sites excluding steroid dienone is 7. The average molecular weight is 176 g/mol. The highest BCUT2D eigenvalue weighted by atomic mass is 13.8. The first-order chi connectivity index (χ1) is 6.41. The van der Waals surface area contributed by atoms with Crippen molar-refractivity contribution >= 4 is 0 Å². The second-order valence-electron chi connectivity index (χ2n) is 2.83. The van der Waals surface area contributed by atoms with E-state index in [1.165, 1.54) is 0 Å². The highest BCUT2D eigenvalue weighted by molar-refractivity contribution is 5.01. The van der Waals surface area contributed by atoms with E-state index in [9.17, 15) is 0 Å². The van der Waals surface area contributed by atoms with Crippen LogP contribution in [0, 0.1) is 0 Å². The highest BCUT2D eigenvalue weighted by Gasteiger charge is 1.75. The summed E-state index contributed by atoms with van der Waals surface area (Å²) in [6.07, 6.45) is 19.2. The van der Waals surface area contributed by atoms with Gasteiger partial charge in [0, 0.05) is 0 Å². The van der Waals surface area contributed by atoms with Gasteiger partial charge in [-0.3, -0.25) is 0 Å². The molecule has 0 heteroatoms. The van der Waals surface area contributed by atoms with Crippen molar-refractivity contribution < 1.29 is 0 Å². The van der Waals surface area contributed by atoms with Gasteiger partial charge in [-0.2, -0.15) is 0 Å². The molecular formula is C13H20. The highest BCUT2D eigenvalue weighted by Crippen LogP contribution is 1.95. The molecule has 0 rings (SSSR count). The van der Waals surface area contributed by atoms with E-state index >= 15 is 0 Å². The first-order valence-corrected chi connectivity index (χ1v) is 4.99. The van der Waals surface area contributed by atoms with Crippen molar-refractivity contribution in [3.8, 4) is 0 Å². The molecule has 0 bridgehead atoms. The third kappa shape index (κ3) is 11.0. The van der Waals surface area contributed by atoms with Crippen LogP contribution in [-0.2, 0) is 0 Å². The van der Waals surface area contributed by atoms with Crippen LogP contribution in [-0.4, -0.2) is 0 Å². The van der Waals surface area contributed by atoms with E-state index in [1.54, 1.807) is 6.08 Å². The van der Waals surface area contributed by atoms with Gasteiger partial charge in [-0.15, -0.1) is 0 Å². The molecule has 0 aliphatic rings. The summed E-state index contributed by atoms with van der Waals surface area (Å²) in [6.45, 7) is 5.77. The summed E-state index contributed by atoms with van der Waals surface area (Å²) >= 11 is 0. The molecule has 0 spiro atoms. The van der Waals surface area contributed by atoms with Crippen molar-refractivity contribution in [3.63, 3.8) is 0 Å². The van der Waals surface area contributed by atoms with E-state index in [-0.39, 0.29) is 0 Å². The molecule has 0 nitrogen and oxygen atoms in total. The topological polar surface area (TPSA) is 0 Å². The maximum Gasteiger partial charge on any atom is -0.0166 e. The summed E-state index contributed by atoms with van der Waals surface area (Å²) in [5.41, 5.74) is 0. The van der Waals surface area contributed by atoms with Crippen molar-refractivity contribution in [2.45, 2.75) is 32.6 Å². The molecule has 0 aliphatic carbocycles. The maximum absolute atomic E-state index is 3.61. The molecule has 0 aromatic carbocycles. The largest absolute Gasteiger partial charge is 0.0991 e. The Kier molecular flexibility index (Phi) is 10.1. The second-order valence-corrected chi connectivity index (χ2v) is 2.83. The van der Waals surface area contributed by atoms with Gasteiger partial charge in [0.05, 0.1) is 0 Å². The minimum atomic E-state index is 1.02. The Hall–Kier alpha value is -1.04. The molecule has 0 saturated heterocycles. The predicted octanol–water partition coefficient (Wildman–Crippen LogP) is 4.42. The van der Waals surface area contributed by atoms with Crippen LogP contribution < -0.4 is 0 Å². The molecule has 0 saturated carbocycles. The number of rotatable bonds is 7. The first-order valence-electron chi connectivity index (χ1n) is 4.99. The van der Waals surface area contributed by atoms with Crippen LogP contribution >= 0.6 is 0 Å². The van der Waals surface area contributed by atoms with E-state index < -0.39 is 0 Å². The molecule has 0 radical (unpaired) electrons. The summed E-state index contributed by atoms with van der Waals surface area (Å²) < 4.78 is 0. The minimum absolute atomic E-state index is 1.02. The smallest absolute Gasteiger partial charge is 0.0166 e. The molecule has 72 valence electrons. The van der Waals surface area contributed by atoms with Crippen LogP contribution in [0.3, 0.4) is 0 Å². The fourth-order valence-corrected chi connectivity index (χ4v) is 0.944. The lowest BCUT2D eigenvalue weighted by atomic mass is 10.2. The van der Waals surface area contributed by atoms with Gasteiger partial charge in [-0.1, -0.05) is 56.0 Å². The summed E-state index contributed by atoms with van der Waals surface area (Å²) in [5.74, 6) is 0. The standard InChI is InChI=1S/C13H20/c1-3-5-7-9-11-13-12-10-8-6-4-2/h3,5-8,11,13H,1,4,9-10,12H2,2H3. The van der Waals surface area contributed by atoms with Crippen LogP contribution in [0.2, 0.25) is 0 Å². The van der Waals surface area contributed by atoms with Gasteiger partial charge in [0.1, 0.15) is 0 Å². The Bertz CT molecular complexity index is 182. The van der Waals surface area contributed by atoms with Crippen molar-refractivity contribution in [2.24, 2.45) is 0 Å². The zero-order chi connectivity index (χ0) is 9.78. The van der Waals surface area contributed by atoms with Gasteiger partial charge in [0.15, 0.2) is 0 Å². The molecular weight excluding hydrogens is 156 g/mol. The van der Waals surface area contributed by atoms with Crippen LogP contribution in [0.5, 0.6) is 0 Å². The second kappa shape index (κ2) is 11.0. The van der Waals surface area contributed by atoms with Gasteiger partial charge in [-0.05, 0) is 25.7 Å². The lowest BCUT2D eigenvalue weighted by molar-refractivity contribution is 1.03. The molecule has 0 fully saturated rings. The van der Waals surface area contributed by atoms with E-state index in [0.717, 1.165) is 25.7 Å². The van der Waals surface area contributed by atoms with Crippen molar-refractivity contribution in [1.82, 2.24) is 0 Å². The van der Waals surface area contributed by atoms with Crippen molar-refractivity contribution in [1.29, 1.82) is 0 Å². The van der Waals surface area contributed by atoms with Crippen LogP contribution in [0.25, 0.3) is 0 Å². The normalized spacial score (nSPS) is 12.1. The van der Waals surface area contributed by atoms with E-state index in [0.29, 0.717) is 0 Å². The monoisotopic (exact) mass is 176 g/mol. The van der Waals surface area contributed by atoms with Gasteiger partial charge in [0.2, 0.25) is 0 Å². The van der Waals surface area contributed by atoms with E-state index in [2.05, 4.69) is 43.9 Å². The Morgan fingerprint density at radius 2 is 1.62 bits per heavy atom. The molecule has 0 atom stereocenters. The maximum atomic E-state index is 3.61. The van der Waals surface area contributed by atoms with Gasteiger partial charge < -0.3 is 0 Å². The number of hydrogen-bond acceptors (Lipinski definition) is 0. The van der Waals surface area contributed by atoms with E-state index in [4.69, 9.17) is 0 Å². The Labute approximate surface area is 82.4 Å². The van der Waals surface area contributed by atoms with Gasteiger partial charge in [-0.25, -0.2) is 0 Å². The fraction of sp³-hybridized carbons (Fsp3) is 0.385. The zero-order valence-corrected chi connectivity index (χ0v) is 8.58. The molecule has 0 heterocycles. The Morgan fingerprint density at radius 1 is 0.923 bits per heavy atom. The summed E-state index contributed by atoms with van der Waals surface area (Å²) in [6, 6.07) is 0. The van der Waals surface area contributed by atoms with Crippen LogP contribution in [0.1, 0.15) is 32.6 Å². The SMILES string of the molecule is C=CC=CCC=CCCC=CCC. The number of hydrogen-bond donors (Lipinski definition) is 0. The summed E-state index contributed by atoms with van der Waals surface area (Å²) in [5, 5.41) is 0. The fourth-order valence-electron chi connectivity index (χ4n) is 0.944. The third-order valence-corrected chi connectivity index (χ3v) is 1.61. The minimum Gasteiger partial charge on any atom is -0.0991 e. The van der Waals surface area contributed by atoms with E-state index in [1.807, 2.05) is 6.08 Å². The van der Waals surface area contributed by atoms with Gasteiger partial charge >= 0.3 is 0 Å². The lowest BCUT2D eigenvalue weighted by Gasteiger charge is -1.85. The molecule has 0 aromatic heterocycles. The van der Waals surface area contributed by atoms with Crippen LogP contribution in [0.15, 0.2) is 49.1 Å². The van der Waals surface area contributed by atoms with Crippen LogP contribution in [0.4, 0.5) is 0 Å².